The number of aromatic nitrogens is 7. The minimum Gasteiger partial charge on any atom is -0.481 e. The Hall–Kier alpha value is -7.92. The summed E-state index contributed by atoms with van der Waals surface area (Å²) in [7, 11) is 2.97. The van der Waals surface area contributed by atoms with Gasteiger partial charge in [-0.25, -0.2) is 39.7 Å². The molecule has 0 spiro atoms. The van der Waals surface area contributed by atoms with Crippen LogP contribution in [-0.2, 0) is 46.7 Å². The molecule has 0 radical (unpaired) electrons. The number of carbonyl (C=O) groups excluding carboxylic acids is 5. The number of hydrogen-bond acceptors (Lipinski definition) is 25. The molecule has 0 fully saturated rings. The molecule has 0 aliphatic carbocycles. The molecule has 0 saturated heterocycles. The van der Waals surface area contributed by atoms with Crippen LogP contribution >= 0.6 is 68.0 Å². The Morgan fingerprint density at radius 2 is 1.48 bits per heavy atom. The molecule has 88 heavy (non-hydrogen) atoms. The van der Waals surface area contributed by atoms with Gasteiger partial charge in [-0.3, -0.25) is 38.5 Å². The molecule has 9 rings (SSSR count). The maximum absolute atomic E-state index is 14.2. The van der Waals surface area contributed by atoms with Gasteiger partial charge in [-0.1, -0.05) is 44.2 Å². The summed E-state index contributed by atoms with van der Waals surface area (Å²) in [5, 5.41) is 51.1. The first kappa shape index (κ1) is 64.6. The van der Waals surface area contributed by atoms with Gasteiger partial charge in [-0.05, 0) is 43.4 Å². The minimum atomic E-state index is -1.29. The molecule has 8 N–H and O–H groups in total. The topological polar surface area (TPSA) is 361 Å². The van der Waals surface area contributed by atoms with Crippen LogP contribution in [0.4, 0.5) is 10.6 Å². The highest BCUT2D eigenvalue weighted by molar-refractivity contribution is 7.15. The summed E-state index contributed by atoms with van der Waals surface area (Å²) in [5.74, 6) is -4.35. The first-order valence-corrected chi connectivity index (χ1v) is 32.4. The standard InChI is InChI=1S/C56H59N13O13S6/c1-27(2)42-55-67-45(36(88-55)22-80-5)48(77)58-20-39(71)64-46(47(76)29-11-7-6-8-12-29)54-62-35(25-85-54)52-61-34(24-84-52)44-31(50-59-30(23-83-50)21-82-68-33(19-38(70)57-4)53-66-43(28(3)87-53)49(78)65-42)15-16-32(60-44)51-63-37(26-86-51)69(17-9-13-40(72)73)56(79)81-18-10-14-41(74)75/h6-8,11-12,15-16,23-27,33,42,46-47,68,76H,9-10,13-14,17-22H2,1-5H3,(H,57,70)(H,58,77)(H,64,71)(H,65,78)(H,72,73)(H,74,75)/t33-,42?,46-,47-/m0/s1. The number of hydroxylamine groups is 1. The van der Waals surface area contributed by atoms with Crippen molar-refractivity contribution >= 4 is 115 Å². The van der Waals surface area contributed by atoms with E-state index in [4.69, 9.17) is 54.3 Å². The number of thiazole rings is 6. The number of aliphatic hydroxyl groups is 1. The average Bonchev–Trinajstić information content (AvgIpc) is 2.13. The first-order chi connectivity index (χ1) is 42.4. The molecular formula is C56H59N13O13S6. The van der Waals surface area contributed by atoms with Gasteiger partial charge >= 0.3 is 18.0 Å². The fourth-order valence-corrected chi connectivity index (χ4v) is 14.4. The average molecular weight is 1310 g/mol. The van der Waals surface area contributed by atoms with Crippen molar-refractivity contribution in [3.8, 4) is 43.4 Å². The van der Waals surface area contributed by atoms with Crippen LogP contribution < -0.4 is 31.6 Å². The number of aliphatic carboxylic acids is 2. The molecule has 4 atom stereocenters. The summed E-state index contributed by atoms with van der Waals surface area (Å²) in [6.45, 7) is 4.68. The number of aliphatic hydroxyl groups excluding tert-OH is 1. The smallest absolute Gasteiger partial charge is 0.415 e. The van der Waals surface area contributed by atoms with E-state index in [1.54, 1.807) is 70.9 Å². The number of carboxylic acid groups (broad SMARTS) is 2. The summed E-state index contributed by atoms with van der Waals surface area (Å²) in [5.41, 5.74) is 6.22. The number of anilines is 1. The van der Waals surface area contributed by atoms with E-state index in [1.807, 2.05) is 13.8 Å². The molecule has 0 saturated carbocycles. The number of amides is 5. The molecule has 1 aliphatic heterocycles. The molecule has 462 valence electrons. The van der Waals surface area contributed by atoms with Gasteiger partial charge in [0, 0.05) is 65.5 Å². The maximum atomic E-state index is 14.2. The zero-order valence-electron chi connectivity index (χ0n) is 47.8. The van der Waals surface area contributed by atoms with Crippen LogP contribution in [0.5, 0.6) is 0 Å². The Morgan fingerprint density at radius 1 is 0.750 bits per heavy atom. The van der Waals surface area contributed by atoms with Crippen molar-refractivity contribution in [3.05, 3.63) is 111 Å². The number of methoxy groups -OCH3 is 1. The Bertz CT molecular complexity index is 3800. The monoisotopic (exact) mass is 1310 g/mol. The second-order valence-electron chi connectivity index (χ2n) is 19.9. The van der Waals surface area contributed by atoms with E-state index in [2.05, 4.69) is 26.7 Å². The number of pyridine rings is 1. The van der Waals surface area contributed by atoms with Crippen LogP contribution in [0.25, 0.3) is 43.4 Å². The van der Waals surface area contributed by atoms with E-state index in [1.165, 1.54) is 75.7 Å². The van der Waals surface area contributed by atoms with E-state index in [9.17, 15) is 43.8 Å². The van der Waals surface area contributed by atoms with Crippen LogP contribution in [0.2, 0.25) is 0 Å². The molecule has 1 aliphatic rings. The fraction of sp³-hybridized carbons (Fsp3) is 0.357. The fourth-order valence-electron chi connectivity index (χ4n) is 8.81. The number of carbonyl (C=O) groups is 7. The maximum Gasteiger partial charge on any atom is 0.415 e. The van der Waals surface area contributed by atoms with E-state index < -0.39 is 66.5 Å². The van der Waals surface area contributed by atoms with Crippen molar-refractivity contribution in [2.24, 2.45) is 5.92 Å². The van der Waals surface area contributed by atoms with Crippen molar-refractivity contribution < 1.29 is 63.2 Å². The van der Waals surface area contributed by atoms with Crippen LogP contribution in [-0.4, -0.2) is 126 Å². The SMILES string of the molecule is CNC(=O)C[C@@H]1NOCc2csc(n2)-c2ccc(-c3nc(N(CCCC(=O)O)C(=O)OCCCC(=O)O)cs3)nc2-c2csc(n2)-c2csc(n2)[C@H]([C@@H](O)c2ccccc2)NC(=O)CNC(=O)c2nc(sc2COC)C(C(C)C)NC(=O)c2nc1sc2C. The van der Waals surface area contributed by atoms with Crippen LogP contribution in [0.15, 0.2) is 64.0 Å². The lowest BCUT2D eigenvalue weighted by Crippen LogP contribution is -2.40. The summed E-state index contributed by atoms with van der Waals surface area (Å²) in [6, 6.07) is 9.66. The van der Waals surface area contributed by atoms with Crippen molar-refractivity contribution in [1.29, 1.82) is 0 Å². The van der Waals surface area contributed by atoms with E-state index >= 15 is 0 Å². The van der Waals surface area contributed by atoms with Crippen molar-refractivity contribution in [3.63, 3.8) is 0 Å². The van der Waals surface area contributed by atoms with E-state index in [0.717, 1.165) is 11.3 Å². The molecule has 32 heteroatoms. The Kier molecular flexibility index (Phi) is 21.9. The van der Waals surface area contributed by atoms with E-state index in [0.29, 0.717) is 79.4 Å². The Labute approximate surface area is 526 Å². The zero-order valence-corrected chi connectivity index (χ0v) is 52.7. The second kappa shape index (κ2) is 29.9. The Balaban J connectivity index is 1.09. The summed E-state index contributed by atoms with van der Waals surface area (Å²) < 4.78 is 10.8. The van der Waals surface area contributed by atoms with Gasteiger partial charge in [0.25, 0.3) is 11.8 Å². The van der Waals surface area contributed by atoms with E-state index in [-0.39, 0.29) is 87.5 Å². The predicted molar refractivity (Wildman–Crippen MR) is 330 cm³/mol. The number of ether oxygens (including phenoxy) is 2. The van der Waals surface area contributed by atoms with Crippen LogP contribution in [0, 0.1) is 12.8 Å². The third-order valence-corrected chi connectivity index (χ3v) is 19.0. The highest BCUT2D eigenvalue weighted by atomic mass is 32.1. The number of hydrogen-bond donors (Lipinski definition) is 8. The number of nitrogens with zero attached hydrogens (tertiary/aromatic N) is 8. The van der Waals surface area contributed by atoms with Gasteiger partial charge in [0.1, 0.15) is 83.1 Å². The summed E-state index contributed by atoms with van der Waals surface area (Å²) >= 11 is 7.29. The molecule has 5 amide bonds. The number of benzene rings is 1. The molecule has 1 aromatic carbocycles. The van der Waals surface area contributed by atoms with Crippen molar-refractivity contribution in [1.82, 2.24) is 61.6 Å². The highest BCUT2D eigenvalue weighted by Crippen LogP contribution is 2.40. The lowest BCUT2D eigenvalue weighted by atomic mass is 10.0. The minimum absolute atomic E-state index is 0.000965. The number of carboxylic acids is 2. The highest BCUT2D eigenvalue weighted by Gasteiger charge is 2.33. The molecule has 8 heterocycles. The van der Waals surface area contributed by atoms with Gasteiger partial charge in [0.15, 0.2) is 0 Å². The number of aryl methyl sites for hydroxylation is 1. The largest absolute Gasteiger partial charge is 0.481 e. The normalized spacial score (nSPS) is 16.2. The molecule has 8 aromatic rings. The van der Waals surface area contributed by atoms with Gasteiger partial charge in [0.2, 0.25) is 11.8 Å². The number of nitrogens with one attached hydrogen (secondary N) is 5. The molecule has 7 aromatic heterocycles. The van der Waals surface area contributed by atoms with Crippen LogP contribution in [0.3, 0.4) is 0 Å². The van der Waals surface area contributed by atoms with Crippen molar-refractivity contribution in [2.45, 2.75) is 90.3 Å². The van der Waals surface area contributed by atoms with Gasteiger partial charge < -0.3 is 46.1 Å². The first-order valence-electron chi connectivity index (χ1n) is 27.2. The lowest BCUT2D eigenvalue weighted by Gasteiger charge is -2.23. The Morgan fingerprint density at radius 3 is 2.23 bits per heavy atom. The zero-order chi connectivity index (χ0) is 62.6. The van der Waals surface area contributed by atoms with Crippen LogP contribution in [0.1, 0.15) is 127 Å². The molecule has 1 unspecified atom stereocenters. The third-order valence-electron chi connectivity index (χ3n) is 13.2. The van der Waals surface area contributed by atoms with Gasteiger partial charge in [-0.15, -0.1) is 68.0 Å². The third kappa shape index (κ3) is 16.0. The number of fused-ring (bicyclic) bond motifs is 14. The van der Waals surface area contributed by atoms with Gasteiger partial charge in [-0.2, -0.15) is 5.48 Å². The second-order valence-corrected chi connectivity index (χ2v) is 25.8. The summed E-state index contributed by atoms with van der Waals surface area (Å²) in [4.78, 5) is 134. The molecule has 26 nitrogen and oxygen atoms in total. The van der Waals surface area contributed by atoms with Gasteiger partial charge in [0.05, 0.1) is 54.5 Å². The quantitative estimate of drug-likeness (QED) is 0.0397. The number of rotatable bonds is 17. The summed E-state index contributed by atoms with van der Waals surface area (Å²) in [6.07, 6.45) is -2.55. The molecule has 10 bridgehead atoms. The predicted octanol–water partition coefficient (Wildman–Crippen LogP) is 8.28. The lowest BCUT2D eigenvalue weighted by molar-refractivity contribution is -0.138. The molecular weight excluding hydrogens is 1260 g/mol. The van der Waals surface area contributed by atoms with Crippen molar-refractivity contribution in [2.75, 3.05) is 38.8 Å².